The number of rotatable bonds is 7. The van der Waals surface area contributed by atoms with Gasteiger partial charge in [-0.3, -0.25) is 0 Å². The standard InChI is InChI=1S/C8H20N2O4S2/c1-8(2,4-5-9)6-10-16(13,14)7-15(3,11)12/h10H,4-7,9H2,1-3H3. The van der Waals surface area contributed by atoms with Gasteiger partial charge in [-0.25, -0.2) is 21.6 Å². The maximum Gasteiger partial charge on any atom is 0.226 e. The SMILES string of the molecule is CC(C)(CCN)CNS(=O)(=O)CS(C)(=O)=O. The van der Waals surface area contributed by atoms with Crippen LogP contribution in [-0.4, -0.2) is 41.3 Å². The van der Waals surface area contributed by atoms with E-state index in [9.17, 15) is 16.8 Å². The highest BCUT2D eigenvalue weighted by Gasteiger charge is 2.23. The lowest BCUT2D eigenvalue weighted by atomic mass is 9.90. The van der Waals surface area contributed by atoms with E-state index in [0.29, 0.717) is 13.0 Å². The van der Waals surface area contributed by atoms with Crippen LogP contribution in [-0.2, 0) is 19.9 Å². The number of nitrogens with two attached hydrogens (primary N) is 1. The van der Waals surface area contributed by atoms with Gasteiger partial charge < -0.3 is 5.73 Å². The zero-order valence-corrected chi connectivity index (χ0v) is 11.5. The highest BCUT2D eigenvalue weighted by Crippen LogP contribution is 2.17. The molecular weight excluding hydrogens is 252 g/mol. The Morgan fingerprint density at radius 1 is 1.19 bits per heavy atom. The van der Waals surface area contributed by atoms with Crippen LogP contribution in [0.25, 0.3) is 0 Å². The molecular formula is C8H20N2O4S2. The first-order valence-electron chi connectivity index (χ1n) is 4.83. The lowest BCUT2D eigenvalue weighted by Crippen LogP contribution is -2.37. The Hall–Kier alpha value is -0.180. The van der Waals surface area contributed by atoms with Gasteiger partial charge in [-0.05, 0) is 18.4 Å². The van der Waals surface area contributed by atoms with E-state index in [1.807, 2.05) is 13.8 Å². The van der Waals surface area contributed by atoms with Crippen molar-refractivity contribution in [1.82, 2.24) is 4.72 Å². The Bertz CT molecular complexity index is 411. The van der Waals surface area contributed by atoms with Crippen molar-refractivity contribution in [1.29, 1.82) is 0 Å². The molecule has 0 aliphatic rings. The largest absolute Gasteiger partial charge is 0.330 e. The van der Waals surface area contributed by atoms with Crippen molar-refractivity contribution in [2.45, 2.75) is 20.3 Å². The van der Waals surface area contributed by atoms with E-state index >= 15 is 0 Å². The van der Waals surface area contributed by atoms with Crippen LogP contribution < -0.4 is 10.5 Å². The van der Waals surface area contributed by atoms with Gasteiger partial charge in [-0.2, -0.15) is 0 Å². The molecule has 8 heteroatoms. The predicted molar refractivity (Wildman–Crippen MR) is 64.1 cm³/mol. The van der Waals surface area contributed by atoms with Gasteiger partial charge in [0.05, 0.1) is 0 Å². The Labute approximate surface area is 97.6 Å². The second kappa shape index (κ2) is 5.44. The van der Waals surface area contributed by atoms with Gasteiger partial charge in [0.25, 0.3) is 0 Å². The molecule has 98 valence electrons. The smallest absolute Gasteiger partial charge is 0.226 e. The van der Waals surface area contributed by atoms with Gasteiger partial charge in [0.2, 0.25) is 10.0 Å². The Kier molecular flexibility index (Phi) is 5.37. The Morgan fingerprint density at radius 2 is 1.69 bits per heavy atom. The maximum absolute atomic E-state index is 11.4. The summed E-state index contributed by atoms with van der Waals surface area (Å²) in [6.07, 6.45) is 1.55. The molecule has 0 rings (SSSR count). The van der Waals surface area contributed by atoms with Crippen LogP contribution in [0.15, 0.2) is 0 Å². The molecule has 0 aliphatic carbocycles. The average Bonchev–Trinajstić information content (AvgIpc) is 1.97. The fraction of sp³-hybridized carbons (Fsp3) is 1.00. The van der Waals surface area contributed by atoms with Crippen molar-refractivity contribution < 1.29 is 16.8 Å². The molecule has 0 radical (unpaired) electrons. The van der Waals surface area contributed by atoms with Crippen molar-refractivity contribution in [3.8, 4) is 0 Å². The minimum Gasteiger partial charge on any atom is -0.330 e. The highest BCUT2D eigenvalue weighted by molar-refractivity contribution is 8.06. The van der Waals surface area contributed by atoms with E-state index in [0.717, 1.165) is 6.26 Å². The van der Waals surface area contributed by atoms with E-state index in [4.69, 9.17) is 5.73 Å². The molecule has 0 aliphatic heterocycles. The fourth-order valence-corrected chi connectivity index (χ4v) is 4.31. The summed E-state index contributed by atoms with van der Waals surface area (Å²) in [6.45, 7) is 4.37. The van der Waals surface area contributed by atoms with Crippen LogP contribution in [0.4, 0.5) is 0 Å². The van der Waals surface area contributed by atoms with Crippen molar-refractivity contribution in [2.75, 3.05) is 24.4 Å². The topological polar surface area (TPSA) is 106 Å². The number of sulfonamides is 1. The van der Waals surface area contributed by atoms with Gasteiger partial charge in [0.1, 0.15) is 0 Å². The summed E-state index contributed by atoms with van der Waals surface area (Å²) >= 11 is 0. The Morgan fingerprint density at radius 3 is 2.06 bits per heavy atom. The number of nitrogens with one attached hydrogen (secondary N) is 1. The number of sulfone groups is 1. The minimum atomic E-state index is -3.77. The molecule has 0 heterocycles. The molecule has 0 atom stereocenters. The molecule has 16 heavy (non-hydrogen) atoms. The van der Waals surface area contributed by atoms with Crippen molar-refractivity contribution in [3.05, 3.63) is 0 Å². The van der Waals surface area contributed by atoms with Crippen molar-refractivity contribution in [3.63, 3.8) is 0 Å². The first-order valence-corrected chi connectivity index (χ1v) is 8.54. The monoisotopic (exact) mass is 272 g/mol. The molecule has 0 aromatic carbocycles. The summed E-state index contributed by atoms with van der Waals surface area (Å²) in [5.41, 5.74) is 5.10. The quantitative estimate of drug-likeness (QED) is 0.636. The second-order valence-electron chi connectivity index (χ2n) is 4.68. The molecule has 0 aromatic heterocycles. The van der Waals surface area contributed by atoms with E-state index < -0.39 is 24.9 Å². The third-order valence-electron chi connectivity index (χ3n) is 1.96. The van der Waals surface area contributed by atoms with E-state index in [1.54, 1.807) is 0 Å². The first kappa shape index (κ1) is 15.8. The summed E-state index contributed by atoms with van der Waals surface area (Å²) < 4.78 is 46.7. The summed E-state index contributed by atoms with van der Waals surface area (Å²) in [5, 5.41) is -0.876. The predicted octanol–water partition coefficient (Wildman–Crippen LogP) is -0.717. The molecule has 0 unspecified atom stereocenters. The van der Waals surface area contributed by atoms with Crippen LogP contribution in [0.5, 0.6) is 0 Å². The number of hydrogen-bond donors (Lipinski definition) is 2. The van der Waals surface area contributed by atoms with Gasteiger partial charge in [-0.15, -0.1) is 0 Å². The van der Waals surface area contributed by atoms with Gasteiger partial charge in [-0.1, -0.05) is 13.8 Å². The molecule has 0 amide bonds. The maximum atomic E-state index is 11.4. The van der Waals surface area contributed by atoms with Crippen LogP contribution in [0, 0.1) is 5.41 Å². The average molecular weight is 272 g/mol. The number of hydrogen-bond acceptors (Lipinski definition) is 5. The third-order valence-corrected chi connectivity index (χ3v) is 5.50. The molecule has 6 nitrogen and oxygen atoms in total. The molecule has 0 bridgehead atoms. The molecule has 0 saturated carbocycles. The van der Waals surface area contributed by atoms with Crippen LogP contribution in [0.2, 0.25) is 0 Å². The van der Waals surface area contributed by atoms with E-state index in [1.165, 1.54) is 0 Å². The second-order valence-corrected chi connectivity index (χ2v) is 8.99. The van der Waals surface area contributed by atoms with Gasteiger partial charge >= 0.3 is 0 Å². The molecule has 0 spiro atoms. The van der Waals surface area contributed by atoms with Crippen molar-refractivity contribution >= 4 is 19.9 Å². The third kappa shape index (κ3) is 8.03. The molecule has 3 N–H and O–H groups in total. The lowest BCUT2D eigenvalue weighted by Gasteiger charge is -2.23. The van der Waals surface area contributed by atoms with E-state index in [2.05, 4.69) is 4.72 Å². The van der Waals surface area contributed by atoms with E-state index in [-0.39, 0.29) is 12.0 Å². The fourth-order valence-electron chi connectivity index (χ4n) is 1.11. The van der Waals surface area contributed by atoms with Crippen LogP contribution in [0.1, 0.15) is 20.3 Å². The van der Waals surface area contributed by atoms with Crippen LogP contribution in [0.3, 0.4) is 0 Å². The molecule has 0 aromatic rings. The highest BCUT2D eigenvalue weighted by atomic mass is 32.3. The Balaban J connectivity index is 4.41. The zero-order valence-electron chi connectivity index (χ0n) is 9.86. The lowest BCUT2D eigenvalue weighted by molar-refractivity contribution is 0.340. The minimum absolute atomic E-state index is 0.183. The summed E-state index contributed by atoms with van der Waals surface area (Å²) in [5.74, 6) is 0. The van der Waals surface area contributed by atoms with Gasteiger partial charge in [0.15, 0.2) is 14.9 Å². The summed E-state index contributed by atoms with van der Waals surface area (Å²) in [6, 6.07) is 0. The molecule has 0 fully saturated rings. The normalized spacial score (nSPS) is 14.0. The van der Waals surface area contributed by atoms with Gasteiger partial charge in [0, 0.05) is 12.8 Å². The summed E-state index contributed by atoms with van der Waals surface area (Å²) in [7, 11) is -7.31. The zero-order chi connectivity index (χ0) is 13.0. The molecule has 0 saturated heterocycles. The summed E-state index contributed by atoms with van der Waals surface area (Å²) in [4.78, 5) is 0. The first-order chi connectivity index (χ1) is 6.97. The van der Waals surface area contributed by atoms with Crippen LogP contribution >= 0.6 is 0 Å². The van der Waals surface area contributed by atoms with Crippen molar-refractivity contribution in [2.24, 2.45) is 11.1 Å².